The highest BCUT2D eigenvalue weighted by molar-refractivity contribution is 6.05. The third kappa shape index (κ3) is 6.10. The molecule has 1 aliphatic rings. The largest absolute Gasteiger partial charge is 0.467 e. The predicted octanol–water partition coefficient (Wildman–Crippen LogP) is 6.26. The summed E-state index contributed by atoms with van der Waals surface area (Å²) in [6.07, 6.45) is 4.02. The summed E-state index contributed by atoms with van der Waals surface area (Å²) < 4.78 is 10.4. The van der Waals surface area contributed by atoms with Gasteiger partial charge in [-0.1, -0.05) is 54.6 Å². The molecular weight excluding hydrogens is 502 g/mol. The molecule has 0 spiro atoms. The van der Waals surface area contributed by atoms with Gasteiger partial charge in [-0.25, -0.2) is 9.59 Å². The number of hydrogen-bond donors (Lipinski definition) is 1. The Labute approximate surface area is 235 Å². The van der Waals surface area contributed by atoms with Crippen LogP contribution in [0, 0.1) is 0 Å². The highest BCUT2D eigenvalue weighted by atomic mass is 16.6. The molecule has 1 N–H and O–H groups in total. The van der Waals surface area contributed by atoms with Crippen molar-refractivity contribution in [3.05, 3.63) is 78.0 Å². The summed E-state index contributed by atoms with van der Waals surface area (Å²) in [7, 11) is 1.32. The number of fused-ring (bicyclic) bond motifs is 2. The van der Waals surface area contributed by atoms with E-state index in [1.54, 1.807) is 20.8 Å². The third-order valence-electron chi connectivity index (χ3n) is 7.36. The van der Waals surface area contributed by atoms with Gasteiger partial charge in [0.05, 0.1) is 12.8 Å². The van der Waals surface area contributed by atoms with E-state index in [0.717, 1.165) is 52.6 Å². The normalized spacial score (nSPS) is 14.8. The van der Waals surface area contributed by atoms with Crippen molar-refractivity contribution in [2.24, 2.45) is 0 Å². The van der Waals surface area contributed by atoms with Crippen molar-refractivity contribution < 1.29 is 19.1 Å². The molecule has 208 valence electrons. The Morgan fingerprint density at radius 2 is 1.55 bits per heavy atom. The van der Waals surface area contributed by atoms with Crippen LogP contribution in [0.3, 0.4) is 0 Å². The Balaban J connectivity index is 1.52. The Morgan fingerprint density at radius 1 is 0.900 bits per heavy atom. The van der Waals surface area contributed by atoms with Crippen LogP contribution >= 0.6 is 0 Å². The quantitative estimate of drug-likeness (QED) is 0.279. The number of pyridine rings is 1. The number of carbonyl (C=O) groups is 2. The van der Waals surface area contributed by atoms with Crippen LogP contribution in [0.4, 0.5) is 4.79 Å². The molecule has 1 fully saturated rings. The smallest absolute Gasteiger partial charge is 0.408 e. The number of rotatable bonds is 7. The van der Waals surface area contributed by atoms with Crippen LogP contribution in [0.2, 0.25) is 0 Å². The maximum Gasteiger partial charge on any atom is 0.408 e. The van der Waals surface area contributed by atoms with E-state index in [9.17, 15) is 9.59 Å². The average molecular weight is 540 g/mol. The van der Waals surface area contributed by atoms with Gasteiger partial charge in [0.25, 0.3) is 0 Å². The fraction of sp³-hybridized carbons (Fsp3) is 0.364. The molecule has 1 saturated heterocycles. The summed E-state index contributed by atoms with van der Waals surface area (Å²) in [5, 5.41) is 7.06. The topological polar surface area (TPSA) is 80.8 Å². The van der Waals surface area contributed by atoms with Gasteiger partial charge in [-0.05, 0) is 80.1 Å². The van der Waals surface area contributed by atoms with Crippen LogP contribution < -0.4 is 5.32 Å². The number of nitrogens with one attached hydrogen (secondary N) is 1. The number of aromatic nitrogens is 1. The van der Waals surface area contributed by atoms with Gasteiger partial charge in [-0.15, -0.1) is 0 Å². The van der Waals surface area contributed by atoms with E-state index >= 15 is 0 Å². The number of hydrogen-bond acceptors (Lipinski definition) is 6. The second-order valence-electron chi connectivity index (χ2n) is 11.4. The van der Waals surface area contributed by atoms with E-state index < -0.39 is 23.7 Å². The van der Waals surface area contributed by atoms with Crippen LogP contribution in [0.5, 0.6) is 0 Å². The molecule has 2 heterocycles. The van der Waals surface area contributed by atoms with Crippen molar-refractivity contribution in [1.82, 2.24) is 15.2 Å². The zero-order valence-electron chi connectivity index (χ0n) is 23.7. The zero-order valence-corrected chi connectivity index (χ0v) is 23.7. The van der Waals surface area contributed by atoms with E-state index in [1.807, 2.05) is 30.5 Å². The molecule has 5 rings (SSSR count). The molecule has 0 radical (unpaired) electrons. The second-order valence-corrected chi connectivity index (χ2v) is 11.4. The summed E-state index contributed by atoms with van der Waals surface area (Å²) in [4.78, 5) is 32.5. The van der Waals surface area contributed by atoms with Crippen LogP contribution in [0.15, 0.2) is 66.9 Å². The molecule has 4 aromatic rings. The van der Waals surface area contributed by atoms with E-state index in [2.05, 4.69) is 46.6 Å². The molecule has 0 saturated carbocycles. The van der Waals surface area contributed by atoms with Crippen molar-refractivity contribution in [1.29, 1.82) is 0 Å². The molecule has 1 atom stereocenters. The number of carbonyl (C=O) groups excluding carboxylic acids is 2. The van der Waals surface area contributed by atoms with Gasteiger partial charge in [0, 0.05) is 30.1 Å². The van der Waals surface area contributed by atoms with Gasteiger partial charge < -0.3 is 14.8 Å². The van der Waals surface area contributed by atoms with Crippen molar-refractivity contribution in [3.63, 3.8) is 0 Å². The summed E-state index contributed by atoms with van der Waals surface area (Å²) in [5.74, 6) is -0.528. The lowest BCUT2D eigenvalue weighted by Gasteiger charge is -2.23. The first-order valence-electron chi connectivity index (χ1n) is 13.9. The standard InChI is InChI=1S/C33H37N3O4/c1-33(2,3)40-32(38)35-29(31(37)39-4)20-22-10-7-13-26-24(22)12-9-15-28(26)30-27-14-8-11-23(25(27)16-17-34-30)21-36-18-5-6-19-36/h7-17,29H,5-6,18-21H2,1-4H3,(H,35,38)/t29-/m0/s1. The molecule has 7 heteroatoms. The number of benzene rings is 3. The number of methoxy groups -OCH3 is 1. The highest BCUT2D eigenvalue weighted by Crippen LogP contribution is 2.35. The maximum atomic E-state index is 12.6. The van der Waals surface area contributed by atoms with Gasteiger partial charge >= 0.3 is 12.1 Å². The van der Waals surface area contributed by atoms with Crippen LogP contribution in [-0.2, 0) is 27.2 Å². The lowest BCUT2D eigenvalue weighted by molar-refractivity contribution is -0.143. The van der Waals surface area contributed by atoms with Gasteiger partial charge in [-0.3, -0.25) is 9.88 Å². The van der Waals surface area contributed by atoms with Gasteiger partial charge in [0.15, 0.2) is 0 Å². The molecular formula is C33H37N3O4. The first kappa shape index (κ1) is 27.6. The summed E-state index contributed by atoms with van der Waals surface area (Å²) in [5.41, 5.74) is 3.51. The molecule has 3 aromatic carbocycles. The molecule has 7 nitrogen and oxygen atoms in total. The third-order valence-corrected chi connectivity index (χ3v) is 7.36. The second kappa shape index (κ2) is 11.6. The molecule has 40 heavy (non-hydrogen) atoms. The zero-order chi connectivity index (χ0) is 28.3. The fourth-order valence-electron chi connectivity index (χ4n) is 5.57. The minimum absolute atomic E-state index is 0.260. The van der Waals surface area contributed by atoms with E-state index in [0.29, 0.717) is 0 Å². The first-order valence-corrected chi connectivity index (χ1v) is 13.9. The van der Waals surface area contributed by atoms with Crippen LogP contribution in [-0.4, -0.2) is 53.8 Å². The van der Waals surface area contributed by atoms with Gasteiger partial charge in [-0.2, -0.15) is 0 Å². The van der Waals surface area contributed by atoms with Gasteiger partial charge in [0.2, 0.25) is 0 Å². The summed E-state index contributed by atoms with van der Waals surface area (Å²) in [6, 6.07) is 19.9. The molecule has 1 aliphatic heterocycles. The summed E-state index contributed by atoms with van der Waals surface area (Å²) in [6.45, 7) is 8.58. The van der Waals surface area contributed by atoms with Crippen molar-refractivity contribution in [2.45, 2.75) is 58.2 Å². The van der Waals surface area contributed by atoms with E-state index in [-0.39, 0.29) is 6.42 Å². The monoisotopic (exact) mass is 539 g/mol. The van der Waals surface area contributed by atoms with Crippen molar-refractivity contribution >= 4 is 33.6 Å². The summed E-state index contributed by atoms with van der Waals surface area (Å²) >= 11 is 0. The lowest BCUT2D eigenvalue weighted by atomic mass is 9.93. The van der Waals surface area contributed by atoms with Crippen molar-refractivity contribution in [3.8, 4) is 11.3 Å². The highest BCUT2D eigenvalue weighted by Gasteiger charge is 2.26. The molecule has 0 aliphatic carbocycles. The molecule has 1 amide bonds. The molecule has 0 unspecified atom stereocenters. The number of amides is 1. The Morgan fingerprint density at radius 3 is 2.27 bits per heavy atom. The minimum Gasteiger partial charge on any atom is -0.467 e. The van der Waals surface area contributed by atoms with E-state index in [4.69, 9.17) is 14.5 Å². The molecule has 1 aromatic heterocycles. The Bertz CT molecular complexity index is 1540. The Kier molecular flexibility index (Phi) is 8.03. The minimum atomic E-state index is -0.891. The number of likely N-dealkylation sites (tertiary alicyclic amines) is 1. The van der Waals surface area contributed by atoms with Gasteiger partial charge in [0.1, 0.15) is 11.6 Å². The Hall–Kier alpha value is -3.97. The SMILES string of the molecule is COC(=O)[C@H](Cc1cccc2c(-c3nccc4c(CN5CCCC5)cccc34)cccc12)NC(=O)OC(C)(C)C. The van der Waals surface area contributed by atoms with Crippen LogP contribution in [0.25, 0.3) is 32.8 Å². The fourth-order valence-corrected chi connectivity index (χ4v) is 5.57. The van der Waals surface area contributed by atoms with E-state index in [1.165, 1.54) is 30.9 Å². The average Bonchev–Trinajstić information content (AvgIpc) is 3.44. The number of esters is 1. The number of alkyl carbamates (subject to hydrolysis) is 1. The predicted molar refractivity (Wildman–Crippen MR) is 158 cm³/mol. The number of ether oxygens (including phenoxy) is 2. The first-order chi connectivity index (χ1) is 19.2. The van der Waals surface area contributed by atoms with Crippen LogP contribution in [0.1, 0.15) is 44.7 Å². The maximum absolute atomic E-state index is 12.6. The van der Waals surface area contributed by atoms with Crippen molar-refractivity contribution in [2.75, 3.05) is 20.2 Å². The molecule has 0 bridgehead atoms. The lowest BCUT2D eigenvalue weighted by Crippen LogP contribution is -2.45. The number of nitrogens with zero attached hydrogens (tertiary/aromatic N) is 2.